The summed E-state index contributed by atoms with van der Waals surface area (Å²) in [6, 6.07) is 23.4. The van der Waals surface area contributed by atoms with Gasteiger partial charge in [-0.3, -0.25) is 9.59 Å². The largest absolute Gasteiger partial charge is 0.494 e. The monoisotopic (exact) mass is 788 g/mol. The van der Waals surface area contributed by atoms with Gasteiger partial charge in [-0.2, -0.15) is 20.5 Å². The van der Waals surface area contributed by atoms with Crippen molar-refractivity contribution in [3.63, 3.8) is 0 Å². The van der Waals surface area contributed by atoms with Crippen LogP contribution in [0.3, 0.4) is 0 Å². The van der Waals surface area contributed by atoms with Gasteiger partial charge in [-0.25, -0.2) is 0 Å². The Kier molecular flexibility index (Phi) is 18.2. The number of benzene rings is 4. The molecule has 0 amide bonds. The lowest BCUT2D eigenvalue weighted by molar-refractivity contribution is -0.142. The molecule has 0 heterocycles. The number of aryl methyl sites for hydroxylation is 1. The van der Waals surface area contributed by atoms with Crippen molar-refractivity contribution in [1.29, 1.82) is 0 Å². The third-order valence-electron chi connectivity index (χ3n) is 7.91. The maximum atomic E-state index is 10.8. The molecule has 0 fully saturated rings. The van der Waals surface area contributed by atoms with Gasteiger partial charge in [-0.15, -0.1) is 10.2 Å². The zero-order valence-electron chi connectivity index (χ0n) is 31.4. The number of hydrogen-bond acceptors (Lipinski definition) is 12. The van der Waals surface area contributed by atoms with Crippen LogP contribution in [0.5, 0.6) is 11.5 Å². The molecule has 0 saturated heterocycles. The lowest BCUT2D eigenvalue weighted by Crippen LogP contribution is -2.01. The van der Waals surface area contributed by atoms with Gasteiger partial charge in [0.05, 0.1) is 59.2 Å². The third kappa shape index (κ3) is 16.4. The summed E-state index contributed by atoms with van der Waals surface area (Å²) in [5.74, 6) is 0.842. The van der Waals surface area contributed by atoms with Crippen LogP contribution in [0.1, 0.15) is 70.8 Å². The molecular weight excluding hydrogens is 743 g/mol. The molecule has 0 unspecified atom stereocenters. The molecule has 290 valence electrons. The zero-order valence-corrected chi connectivity index (χ0v) is 32.9. The average Bonchev–Trinajstić information content (AvgIpc) is 3.16. The van der Waals surface area contributed by atoms with E-state index in [0.29, 0.717) is 82.1 Å². The summed E-state index contributed by atoms with van der Waals surface area (Å²) < 4.78 is 21.5. The number of esters is 2. The fourth-order valence-electron chi connectivity index (χ4n) is 4.98. The Hall–Kier alpha value is -5.20. The molecule has 0 radical (unpaired) electrons. The molecule has 4 aromatic rings. The van der Waals surface area contributed by atoms with Gasteiger partial charge in [-0.1, -0.05) is 23.2 Å². The standard InChI is InChI=1S/C41H46Cl2N6O6/c1-29-26-34(46-49-41-21-18-36(28-38(41)43)55-25-11-7-5-9-23-53-31(3)51)16-19-39(29)47-44-32-12-14-33(15-13-32)45-48-40-20-17-35(27-37(40)42)54-24-10-6-4-8-22-52-30(2)50/h12-21,26-28H,4-11,22-25H2,1-3H3. The highest BCUT2D eigenvalue weighted by atomic mass is 35.5. The molecule has 0 aliphatic carbocycles. The number of halogens is 2. The molecule has 0 aliphatic rings. The number of unbranched alkanes of at least 4 members (excludes halogenated alkanes) is 6. The van der Waals surface area contributed by atoms with Crippen molar-refractivity contribution < 1.29 is 28.5 Å². The number of rotatable bonds is 22. The Morgan fingerprint density at radius 1 is 0.473 bits per heavy atom. The van der Waals surface area contributed by atoms with Gasteiger partial charge in [-0.05, 0) is 131 Å². The maximum absolute atomic E-state index is 10.8. The lowest BCUT2D eigenvalue weighted by atomic mass is 10.2. The SMILES string of the molecule is CC(=O)OCCCCCCOc1ccc(N=Nc2ccc(N=Nc3ccc(N=Nc4ccc(OCCCCCCOC(C)=O)cc4Cl)cc3C)cc2)c(Cl)c1. The van der Waals surface area contributed by atoms with Crippen LogP contribution < -0.4 is 9.47 Å². The molecular formula is C41H46Cl2N6O6. The van der Waals surface area contributed by atoms with Crippen LogP contribution in [0, 0.1) is 6.92 Å². The molecule has 0 spiro atoms. The number of hydrogen-bond donors (Lipinski definition) is 0. The number of azo groups is 3. The van der Waals surface area contributed by atoms with Crippen LogP contribution in [-0.4, -0.2) is 38.4 Å². The molecule has 4 rings (SSSR count). The van der Waals surface area contributed by atoms with Crippen LogP contribution in [0.4, 0.5) is 34.1 Å². The highest BCUT2D eigenvalue weighted by Gasteiger charge is 2.06. The van der Waals surface area contributed by atoms with E-state index in [1.54, 1.807) is 48.5 Å². The van der Waals surface area contributed by atoms with Gasteiger partial charge in [0, 0.05) is 26.0 Å². The summed E-state index contributed by atoms with van der Waals surface area (Å²) in [6.45, 7) is 6.82. The van der Waals surface area contributed by atoms with E-state index < -0.39 is 0 Å². The molecule has 0 bridgehead atoms. The van der Waals surface area contributed by atoms with Gasteiger partial charge in [0.2, 0.25) is 0 Å². The van der Waals surface area contributed by atoms with Gasteiger partial charge >= 0.3 is 11.9 Å². The Morgan fingerprint density at radius 2 is 0.855 bits per heavy atom. The fourth-order valence-corrected chi connectivity index (χ4v) is 5.40. The first-order valence-electron chi connectivity index (χ1n) is 18.2. The Bertz CT molecular complexity index is 1940. The molecule has 0 N–H and O–H groups in total. The summed E-state index contributed by atoms with van der Waals surface area (Å²) in [5.41, 5.74) is 4.59. The van der Waals surface area contributed by atoms with Crippen molar-refractivity contribution in [3.05, 3.63) is 94.5 Å². The summed E-state index contributed by atoms with van der Waals surface area (Å²) in [4.78, 5) is 21.6. The first-order valence-corrected chi connectivity index (χ1v) is 19.0. The number of carbonyl (C=O) groups is 2. The summed E-state index contributed by atoms with van der Waals surface area (Å²) in [6.07, 6.45) is 7.39. The Morgan fingerprint density at radius 3 is 1.27 bits per heavy atom. The van der Waals surface area contributed by atoms with Crippen molar-refractivity contribution in [3.8, 4) is 11.5 Å². The fraction of sp³-hybridized carbons (Fsp3) is 0.366. The van der Waals surface area contributed by atoms with Gasteiger partial charge < -0.3 is 18.9 Å². The topological polar surface area (TPSA) is 145 Å². The molecule has 0 saturated carbocycles. The highest BCUT2D eigenvalue weighted by molar-refractivity contribution is 6.33. The van der Waals surface area contributed by atoms with Crippen molar-refractivity contribution >= 4 is 69.3 Å². The third-order valence-corrected chi connectivity index (χ3v) is 8.52. The number of ether oxygens (including phenoxy) is 4. The molecule has 55 heavy (non-hydrogen) atoms. The highest BCUT2D eigenvalue weighted by Crippen LogP contribution is 2.33. The second kappa shape index (κ2) is 23.6. The van der Waals surface area contributed by atoms with Crippen molar-refractivity contribution in [1.82, 2.24) is 0 Å². The van der Waals surface area contributed by atoms with Crippen molar-refractivity contribution in [2.45, 2.75) is 72.1 Å². The van der Waals surface area contributed by atoms with Crippen LogP contribution >= 0.6 is 23.2 Å². The first kappa shape index (κ1) is 42.5. The van der Waals surface area contributed by atoms with E-state index in [4.69, 9.17) is 42.1 Å². The Balaban J connectivity index is 1.20. The number of carbonyl (C=O) groups excluding carboxylic acids is 2. The predicted octanol–water partition coefficient (Wildman–Crippen LogP) is 13.6. The summed E-state index contributed by atoms with van der Waals surface area (Å²) in [7, 11) is 0. The number of nitrogens with zero attached hydrogens (tertiary/aromatic N) is 6. The van der Waals surface area contributed by atoms with Crippen LogP contribution in [0.25, 0.3) is 0 Å². The molecule has 4 aromatic carbocycles. The van der Waals surface area contributed by atoms with E-state index in [0.717, 1.165) is 56.9 Å². The van der Waals surface area contributed by atoms with E-state index in [-0.39, 0.29) is 11.9 Å². The van der Waals surface area contributed by atoms with Crippen LogP contribution in [0.15, 0.2) is 110 Å². The summed E-state index contributed by atoms with van der Waals surface area (Å²) in [5, 5.41) is 26.9. The van der Waals surface area contributed by atoms with Gasteiger partial charge in [0.1, 0.15) is 22.9 Å². The van der Waals surface area contributed by atoms with E-state index in [1.807, 2.05) is 37.3 Å². The predicted molar refractivity (Wildman–Crippen MR) is 214 cm³/mol. The molecule has 14 heteroatoms. The molecule has 0 aromatic heterocycles. The van der Waals surface area contributed by atoms with Crippen molar-refractivity contribution in [2.24, 2.45) is 30.7 Å². The molecule has 0 atom stereocenters. The normalized spacial score (nSPS) is 11.4. The minimum Gasteiger partial charge on any atom is -0.494 e. The smallest absolute Gasteiger partial charge is 0.302 e. The van der Waals surface area contributed by atoms with Crippen molar-refractivity contribution in [2.75, 3.05) is 26.4 Å². The van der Waals surface area contributed by atoms with E-state index in [1.165, 1.54) is 13.8 Å². The van der Waals surface area contributed by atoms with Gasteiger partial charge in [0.25, 0.3) is 0 Å². The van der Waals surface area contributed by atoms with E-state index in [9.17, 15) is 9.59 Å². The lowest BCUT2D eigenvalue weighted by Gasteiger charge is -2.07. The van der Waals surface area contributed by atoms with Crippen LogP contribution in [-0.2, 0) is 19.1 Å². The molecule has 0 aliphatic heterocycles. The zero-order chi connectivity index (χ0) is 39.3. The van der Waals surface area contributed by atoms with E-state index >= 15 is 0 Å². The Labute approximate surface area is 332 Å². The van der Waals surface area contributed by atoms with Crippen LogP contribution in [0.2, 0.25) is 10.0 Å². The average molecular weight is 790 g/mol. The second-order valence-corrected chi connectivity index (χ2v) is 13.3. The first-order chi connectivity index (χ1) is 26.7. The van der Waals surface area contributed by atoms with E-state index in [2.05, 4.69) is 30.7 Å². The quantitative estimate of drug-likeness (QED) is 0.0440. The molecule has 12 nitrogen and oxygen atoms in total. The van der Waals surface area contributed by atoms with Gasteiger partial charge in [0.15, 0.2) is 0 Å². The minimum atomic E-state index is -0.246. The minimum absolute atomic E-state index is 0.246. The summed E-state index contributed by atoms with van der Waals surface area (Å²) >= 11 is 12.9. The maximum Gasteiger partial charge on any atom is 0.302 e. The second-order valence-electron chi connectivity index (χ2n) is 12.5.